The Morgan fingerprint density at radius 3 is 2.70 bits per heavy atom. The molecule has 1 heterocycles. The van der Waals surface area contributed by atoms with E-state index in [0.29, 0.717) is 13.0 Å². The number of benzene rings is 2. The Balaban J connectivity index is 2.08. The van der Waals surface area contributed by atoms with Crippen LogP contribution in [0.4, 0.5) is 17.1 Å². The summed E-state index contributed by atoms with van der Waals surface area (Å²) in [5, 5.41) is 2.94. The number of nitrogens with zero attached hydrogens (tertiary/aromatic N) is 1. The zero-order valence-electron chi connectivity index (χ0n) is 11.3. The minimum atomic E-state index is 0.0259. The second kappa shape index (κ2) is 5.25. The number of hydrogen-bond donors (Lipinski definition) is 1. The topological polar surface area (TPSA) is 41.6 Å². The van der Waals surface area contributed by atoms with Crippen LogP contribution in [0.3, 0.4) is 0 Å². The molecule has 0 atom stereocenters. The summed E-state index contributed by atoms with van der Waals surface area (Å²) in [5.74, 6) is 0.761. The highest BCUT2D eigenvalue weighted by Crippen LogP contribution is 2.36. The van der Waals surface area contributed by atoms with Gasteiger partial charge in [0.15, 0.2) is 0 Å². The SMILES string of the molecule is COc1ccc2c(c1)NC(=O)CCN2c1ccccc1. The lowest BCUT2D eigenvalue weighted by molar-refractivity contribution is -0.115. The molecular formula is C16H16N2O2. The van der Waals surface area contributed by atoms with E-state index in [0.717, 1.165) is 22.8 Å². The van der Waals surface area contributed by atoms with Crippen molar-refractivity contribution in [1.29, 1.82) is 0 Å². The summed E-state index contributed by atoms with van der Waals surface area (Å²) in [4.78, 5) is 14.0. The van der Waals surface area contributed by atoms with Gasteiger partial charge < -0.3 is 15.0 Å². The van der Waals surface area contributed by atoms with Gasteiger partial charge in [0.2, 0.25) is 5.91 Å². The van der Waals surface area contributed by atoms with Crippen LogP contribution >= 0.6 is 0 Å². The summed E-state index contributed by atoms with van der Waals surface area (Å²) in [6, 6.07) is 15.8. The molecule has 0 radical (unpaired) electrons. The minimum Gasteiger partial charge on any atom is -0.497 e. The number of fused-ring (bicyclic) bond motifs is 1. The molecule has 0 saturated heterocycles. The van der Waals surface area contributed by atoms with E-state index >= 15 is 0 Å². The van der Waals surface area contributed by atoms with Gasteiger partial charge in [-0.3, -0.25) is 4.79 Å². The highest BCUT2D eigenvalue weighted by molar-refractivity contribution is 5.97. The molecular weight excluding hydrogens is 252 g/mol. The zero-order chi connectivity index (χ0) is 13.9. The smallest absolute Gasteiger partial charge is 0.226 e. The Kier molecular flexibility index (Phi) is 3.29. The van der Waals surface area contributed by atoms with Crippen LogP contribution in [0.1, 0.15) is 6.42 Å². The van der Waals surface area contributed by atoms with Crippen LogP contribution in [0.5, 0.6) is 5.75 Å². The van der Waals surface area contributed by atoms with E-state index in [9.17, 15) is 4.79 Å². The summed E-state index contributed by atoms with van der Waals surface area (Å²) < 4.78 is 5.23. The lowest BCUT2D eigenvalue weighted by Crippen LogP contribution is -2.18. The van der Waals surface area contributed by atoms with E-state index < -0.39 is 0 Å². The van der Waals surface area contributed by atoms with Crippen molar-refractivity contribution < 1.29 is 9.53 Å². The Morgan fingerprint density at radius 2 is 1.95 bits per heavy atom. The van der Waals surface area contributed by atoms with Crippen LogP contribution in [0.2, 0.25) is 0 Å². The fourth-order valence-corrected chi connectivity index (χ4v) is 2.40. The second-order valence-corrected chi connectivity index (χ2v) is 4.67. The first-order valence-electron chi connectivity index (χ1n) is 6.58. The highest BCUT2D eigenvalue weighted by atomic mass is 16.5. The molecule has 1 aliphatic heterocycles. The molecule has 0 unspecified atom stereocenters. The van der Waals surface area contributed by atoms with Crippen LogP contribution in [-0.2, 0) is 4.79 Å². The number of ether oxygens (including phenoxy) is 1. The molecule has 2 aromatic rings. The van der Waals surface area contributed by atoms with Crippen molar-refractivity contribution in [3.05, 3.63) is 48.5 Å². The molecule has 0 fully saturated rings. The summed E-state index contributed by atoms with van der Waals surface area (Å²) >= 11 is 0. The van der Waals surface area contributed by atoms with Crippen molar-refractivity contribution in [2.45, 2.75) is 6.42 Å². The van der Waals surface area contributed by atoms with E-state index in [-0.39, 0.29) is 5.91 Å². The van der Waals surface area contributed by atoms with Gasteiger partial charge in [0.1, 0.15) is 5.75 Å². The number of nitrogens with one attached hydrogen (secondary N) is 1. The van der Waals surface area contributed by atoms with E-state index in [1.807, 2.05) is 48.5 Å². The van der Waals surface area contributed by atoms with Gasteiger partial charge in [0.05, 0.1) is 18.5 Å². The van der Waals surface area contributed by atoms with Gasteiger partial charge >= 0.3 is 0 Å². The Morgan fingerprint density at radius 1 is 1.15 bits per heavy atom. The van der Waals surface area contributed by atoms with E-state index in [4.69, 9.17) is 4.74 Å². The van der Waals surface area contributed by atoms with Crippen LogP contribution in [-0.4, -0.2) is 19.6 Å². The van der Waals surface area contributed by atoms with Gasteiger partial charge in [-0.25, -0.2) is 0 Å². The van der Waals surface area contributed by atoms with Crippen molar-refractivity contribution in [2.75, 3.05) is 23.9 Å². The molecule has 0 spiro atoms. The second-order valence-electron chi connectivity index (χ2n) is 4.67. The molecule has 102 valence electrons. The van der Waals surface area contributed by atoms with Crippen molar-refractivity contribution in [2.24, 2.45) is 0 Å². The van der Waals surface area contributed by atoms with Crippen LogP contribution < -0.4 is 15.0 Å². The largest absolute Gasteiger partial charge is 0.497 e. The molecule has 0 bridgehead atoms. The first-order chi connectivity index (χ1) is 9.78. The molecule has 4 nitrogen and oxygen atoms in total. The molecule has 3 rings (SSSR count). The lowest BCUT2D eigenvalue weighted by atomic mass is 10.2. The maximum Gasteiger partial charge on any atom is 0.226 e. The van der Waals surface area contributed by atoms with Crippen molar-refractivity contribution in [3.63, 3.8) is 0 Å². The summed E-state index contributed by atoms with van der Waals surface area (Å²) in [5.41, 5.74) is 2.86. The molecule has 2 aromatic carbocycles. The first kappa shape index (κ1) is 12.5. The van der Waals surface area contributed by atoms with E-state index in [2.05, 4.69) is 10.2 Å². The molecule has 0 aromatic heterocycles. The number of para-hydroxylation sites is 1. The van der Waals surface area contributed by atoms with Gasteiger partial charge in [-0.15, -0.1) is 0 Å². The maximum atomic E-state index is 11.8. The number of anilines is 3. The minimum absolute atomic E-state index is 0.0259. The van der Waals surface area contributed by atoms with E-state index in [1.165, 1.54) is 0 Å². The standard InChI is InChI=1S/C16H16N2O2/c1-20-13-7-8-15-14(11-13)17-16(19)9-10-18(15)12-5-3-2-4-6-12/h2-8,11H,9-10H2,1H3,(H,17,19). The van der Waals surface area contributed by atoms with Gasteiger partial charge in [-0.05, 0) is 24.3 Å². The normalized spacial score (nSPS) is 14.2. The Bertz CT molecular complexity index is 626. The molecule has 1 N–H and O–H groups in total. The molecule has 1 aliphatic rings. The van der Waals surface area contributed by atoms with Crippen molar-refractivity contribution in [3.8, 4) is 5.75 Å². The maximum absolute atomic E-state index is 11.8. The number of carbonyl (C=O) groups is 1. The molecule has 0 saturated carbocycles. The average molecular weight is 268 g/mol. The van der Waals surface area contributed by atoms with Gasteiger partial charge in [0.25, 0.3) is 0 Å². The summed E-state index contributed by atoms with van der Waals surface area (Å²) in [6.07, 6.45) is 0.464. The van der Waals surface area contributed by atoms with Crippen molar-refractivity contribution >= 4 is 23.0 Å². The first-order valence-corrected chi connectivity index (χ1v) is 6.58. The lowest BCUT2D eigenvalue weighted by Gasteiger charge is -2.24. The highest BCUT2D eigenvalue weighted by Gasteiger charge is 2.20. The number of amides is 1. The third kappa shape index (κ3) is 2.32. The van der Waals surface area contributed by atoms with E-state index in [1.54, 1.807) is 7.11 Å². The van der Waals surface area contributed by atoms with Crippen LogP contribution in [0.15, 0.2) is 48.5 Å². The molecule has 20 heavy (non-hydrogen) atoms. The van der Waals surface area contributed by atoms with Gasteiger partial charge in [-0.1, -0.05) is 18.2 Å². The zero-order valence-corrected chi connectivity index (χ0v) is 11.3. The number of carbonyl (C=O) groups excluding carboxylic acids is 1. The summed E-state index contributed by atoms with van der Waals surface area (Å²) in [7, 11) is 1.62. The molecule has 0 aliphatic carbocycles. The van der Waals surface area contributed by atoms with Gasteiger partial charge in [0, 0.05) is 24.7 Å². The third-order valence-electron chi connectivity index (χ3n) is 3.40. The fourth-order valence-electron chi connectivity index (χ4n) is 2.40. The number of methoxy groups -OCH3 is 1. The number of rotatable bonds is 2. The number of hydrogen-bond acceptors (Lipinski definition) is 3. The van der Waals surface area contributed by atoms with Crippen LogP contribution in [0, 0.1) is 0 Å². The summed E-state index contributed by atoms with van der Waals surface area (Å²) in [6.45, 7) is 0.662. The predicted molar refractivity (Wildman–Crippen MR) is 79.7 cm³/mol. The quantitative estimate of drug-likeness (QED) is 0.909. The van der Waals surface area contributed by atoms with Gasteiger partial charge in [-0.2, -0.15) is 0 Å². The average Bonchev–Trinajstić information content (AvgIpc) is 2.65. The Labute approximate surface area is 118 Å². The molecule has 4 heteroatoms. The third-order valence-corrected chi connectivity index (χ3v) is 3.40. The predicted octanol–water partition coefficient (Wildman–Crippen LogP) is 3.18. The monoisotopic (exact) mass is 268 g/mol. The van der Waals surface area contributed by atoms with Crippen LogP contribution in [0.25, 0.3) is 0 Å². The molecule has 1 amide bonds. The van der Waals surface area contributed by atoms with Crippen molar-refractivity contribution in [1.82, 2.24) is 0 Å². The fraction of sp³-hybridized carbons (Fsp3) is 0.188. The Hall–Kier alpha value is -2.49.